The second kappa shape index (κ2) is 6.23. The monoisotopic (exact) mass is 306 g/mol. The summed E-state index contributed by atoms with van der Waals surface area (Å²) in [6.07, 6.45) is 0.905. The predicted octanol–water partition coefficient (Wildman–Crippen LogP) is 2.27. The van der Waals surface area contributed by atoms with Crippen molar-refractivity contribution in [3.8, 4) is 28.7 Å². The highest BCUT2D eigenvalue weighted by Crippen LogP contribution is 2.43. The molecule has 1 aliphatic rings. The van der Waals surface area contributed by atoms with Crippen molar-refractivity contribution in [3.63, 3.8) is 0 Å². The van der Waals surface area contributed by atoms with Gasteiger partial charge >= 0.3 is 0 Å². The minimum atomic E-state index is 0.184. The van der Waals surface area contributed by atoms with Crippen LogP contribution in [0.15, 0.2) is 16.7 Å². The summed E-state index contributed by atoms with van der Waals surface area (Å²) in [7, 11) is 4.68. The average Bonchev–Trinajstić information content (AvgIpc) is 3.23. The van der Waals surface area contributed by atoms with E-state index in [9.17, 15) is 0 Å². The van der Waals surface area contributed by atoms with Gasteiger partial charge in [0.1, 0.15) is 0 Å². The van der Waals surface area contributed by atoms with Crippen molar-refractivity contribution in [3.05, 3.63) is 18.0 Å². The van der Waals surface area contributed by atoms with E-state index in [-0.39, 0.29) is 5.92 Å². The second-order valence-corrected chi connectivity index (χ2v) is 4.90. The van der Waals surface area contributed by atoms with Gasteiger partial charge in [0.25, 0.3) is 5.89 Å². The lowest BCUT2D eigenvalue weighted by atomic mass is 10.1. The van der Waals surface area contributed by atoms with Gasteiger partial charge in [0.2, 0.25) is 5.75 Å². The van der Waals surface area contributed by atoms with Gasteiger partial charge in [-0.2, -0.15) is 4.98 Å². The Morgan fingerprint density at radius 3 is 2.55 bits per heavy atom. The molecule has 0 bridgehead atoms. The third-order valence-electron chi connectivity index (χ3n) is 3.67. The van der Waals surface area contributed by atoms with Gasteiger partial charge in [0.05, 0.1) is 33.5 Å². The molecule has 1 aliphatic heterocycles. The first-order chi connectivity index (χ1) is 10.8. The van der Waals surface area contributed by atoms with E-state index >= 15 is 0 Å². The quantitative estimate of drug-likeness (QED) is 0.838. The van der Waals surface area contributed by atoms with E-state index in [0.717, 1.165) is 13.0 Å². The van der Waals surface area contributed by atoms with Crippen molar-refractivity contribution in [2.45, 2.75) is 12.3 Å². The second-order valence-electron chi connectivity index (χ2n) is 4.90. The van der Waals surface area contributed by atoms with Crippen LogP contribution < -0.4 is 14.2 Å². The van der Waals surface area contributed by atoms with Crippen molar-refractivity contribution in [2.24, 2.45) is 0 Å². The zero-order valence-corrected chi connectivity index (χ0v) is 12.8. The molecule has 0 spiro atoms. The molecule has 2 heterocycles. The summed E-state index contributed by atoms with van der Waals surface area (Å²) in [5, 5.41) is 4.05. The highest BCUT2D eigenvalue weighted by Gasteiger charge is 2.26. The molecule has 1 saturated heterocycles. The van der Waals surface area contributed by atoms with Gasteiger partial charge in [-0.05, 0) is 18.6 Å². The van der Waals surface area contributed by atoms with Crippen LogP contribution in [0.2, 0.25) is 0 Å². The summed E-state index contributed by atoms with van der Waals surface area (Å²) >= 11 is 0. The molecule has 0 aliphatic carbocycles. The Kier molecular flexibility index (Phi) is 4.15. The first kappa shape index (κ1) is 14.6. The number of methoxy groups -OCH3 is 3. The predicted molar refractivity (Wildman–Crippen MR) is 77.6 cm³/mol. The number of ether oxygens (including phenoxy) is 4. The molecule has 1 fully saturated rings. The summed E-state index contributed by atoms with van der Waals surface area (Å²) in [6.45, 7) is 1.36. The van der Waals surface area contributed by atoms with Gasteiger partial charge in [0, 0.05) is 12.5 Å². The molecule has 0 unspecified atom stereocenters. The molecule has 1 aromatic heterocycles. The molecule has 0 N–H and O–H groups in total. The van der Waals surface area contributed by atoms with Crippen molar-refractivity contribution >= 4 is 0 Å². The summed E-state index contributed by atoms with van der Waals surface area (Å²) < 4.78 is 26.8. The summed E-state index contributed by atoms with van der Waals surface area (Å²) in [6, 6.07) is 3.59. The molecule has 7 heteroatoms. The molecule has 2 aromatic rings. The zero-order valence-electron chi connectivity index (χ0n) is 12.8. The molecule has 7 nitrogen and oxygen atoms in total. The third kappa shape index (κ3) is 2.48. The topological polar surface area (TPSA) is 75.8 Å². The van der Waals surface area contributed by atoms with Crippen LogP contribution in [0.4, 0.5) is 0 Å². The third-order valence-corrected chi connectivity index (χ3v) is 3.67. The maximum Gasteiger partial charge on any atom is 0.261 e. The van der Waals surface area contributed by atoms with Gasteiger partial charge in [-0.15, -0.1) is 0 Å². The van der Waals surface area contributed by atoms with E-state index in [4.69, 9.17) is 23.5 Å². The molecule has 0 saturated carbocycles. The van der Waals surface area contributed by atoms with E-state index in [1.807, 2.05) is 6.07 Å². The largest absolute Gasteiger partial charge is 0.493 e. The standard InChI is InChI=1S/C15H18N2O5/c1-18-11-5-4-10(12(19-2)13(11)20-3)15-16-14(17-22-15)9-6-7-21-8-9/h4-5,9H,6-8H2,1-3H3/t9-/m1/s1. The highest BCUT2D eigenvalue weighted by atomic mass is 16.5. The number of rotatable bonds is 5. The minimum Gasteiger partial charge on any atom is -0.493 e. The van der Waals surface area contributed by atoms with Crippen molar-refractivity contribution in [1.29, 1.82) is 0 Å². The van der Waals surface area contributed by atoms with E-state index < -0.39 is 0 Å². The highest BCUT2D eigenvalue weighted by molar-refractivity contribution is 5.71. The minimum absolute atomic E-state index is 0.184. The first-order valence-electron chi connectivity index (χ1n) is 6.99. The molecule has 0 amide bonds. The lowest BCUT2D eigenvalue weighted by Crippen LogP contribution is -2.00. The van der Waals surface area contributed by atoms with Crippen LogP contribution in [-0.2, 0) is 4.74 Å². The van der Waals surface area contributed by atoms with Crippen molar-refractivity contribution in [1.82, 2.24) is 10.1 Å². The lowest BCUT2D eigenvalue weighted by Gasteiger charge is -2.13. The van der Waals surface area contributed by atoms with E-state index in [2.05, 4.69) is 10.1 Å². The van der Waals surface area contributed by atoms with E-state index in [0.29, 0.717) is 41.1 Å². The Hall–Kier alpha value is -2.28. The van der Waals surface area contributed by atoms with E-state index in [1.165, 1.54) is 0 Å². The molecule has 3 rings (SSSR count). The van der Waals surface area contributed by atoms with Crippen LogP contribution in [0.1, 0.15) is 18.2 Å². The van der Waals surface area contributed by atoms with Crippen LogP contribution in [0.3, 0.4) is 0 Å². The van der Waals surface area contributed by atoms with Crippen LogP contribution in [0.5, 0.6) is 17.2 Å². The fourth-order valence-corrected chi connectivity index (χ4v) is 2.52. The van der Waals surface area contributed by atoms with Crippen LogP contribution in [0.25, 0.3) is 11.5 Å². The van der Waals surface area contributed by atoms with E-state index in [1.54, 1.807) is 27.4 Å². The Morgan fingerprint density at radius 2 is 1.91 bits per heavy atom. The number of aromatic nitrogens is 2. The van der Waals surface area contributed by atoms with Crippen LogP contribution in [-0.4, -0.2) is 44.7 Å². The zero-order chi connectivity index (χ0) is 15.5. The number of benzene rings is 1. The maximum absolute atomic E-state index is 5.44. The lowest BCUT2D eigenvalue weighted by molar-refractivity contribution is 0.192. The Morgan fingerprint density at radius 1 is 1.09 bits per heavy atom. The van der Waals surface area contributed by atoms with Gasteiger partial charge in [-0.3, -0.25) is 0 Å². The van der Waals surface area contributed by atoms with Gasteiger partial charge in [0.15, 0.2) is 17.3 Å². The molecule has 118 valence electrons. The van der Waals surface area contributed by atoms with Crippen molar-refractivity contribution in [2.75, 3.05) is 34.5 Å². The maximum atomic E-state index is 5.44. The van der Waals surface area contributed by atoms with Gasteiger partial charge in [-0.1, -0.05) is 5.16 Å². The normalized spacial score (nSPS) is 17.5. The fraction of sp³-hybridized carbons (Fsp3) is 0.467. The molecular formula is C15H18N2O5. The van der Waals surface area contributed by atoms with Gasteiger partial charge < -0.3 is 23.5 Å². The number of hydrogen-bond donors (Lipinski definition) is 0. The number of hydrogen-bond acceptors (Lipinski definition) is 7. The average molecular weight is 306 g/mol. The SMILES string of the molecule is COc1ccc(-c2nc([C@@H]3CCOC3)no2)c(OC)c1OC. The summed E-state index contributed by atoms with van der Waals surface area (Å²) in [5.74, 6) is 2.80. The van der Waals surface area contributed by atoms with Crippen molar-refractivity contribution < 1.29 is 23.5 Å². The van der Waals surface area contributed by atoms with Crippen LogP contribution >= 0.6 is 0 Å². The Balaban J connectivity index is 2.00. The van der Waals surface area contributed by atoms with Gasteiger partial charge in [-0.25, -0.2) is 0 Å². The smallest absolute Gasteiger partial charge is 0.261 e. The molecule has 22 heavy (non-hydrogen) atoms. The summed E-state index contributed by atoms with van der Waals surface area (Å²) in [4.78, 5) is 4.47. The van der Waals surface area contributed by atoms with Crippen LogP contribution in [0, 0.1) is 0 Å². The molecule has 1 aromatic carbocycles. The fourth-order valence-electron chi connectivity index (χ4n) is 2.52. The molecule has 1 atom stereocenters. The Bertz CT molecular complexity index is 649. The molecule has 0 radical (unpaired) electrons. The summed E-state index contributed by atoms with van der Waals surface area (Å²) in [5.41, 5.74) is 0.665. The number of nitrogens with zero attached hydrogens (tertiary/aromatic N) is 2. The first-order valence-corrected chi connectivity index (χ1v) is 6.99. The molecular weight excluding hydrogens is 288 g/mol. The Labute approximate surface area is 128 Å².